The molecule has 1 N–H and O–H groups in total. The highest BCUT2D eigenvalue weighted by Crippen LogP contribution is 2.41. The monoisotopic (exact) mass is 242 g/mol. The first kappa shape index (κ1) is 12.0. The average molecular weight is 242 g/mol. The van der Waals surface area contributed by atoms with Crippen molar-refractivity contribution in [2.75, 3.05) is 6.61 Å². The topological polar surface area (TPSA) is 46.5 Å². The Morgan fingerprint density at radius 2 is 2.12 bits per heavy atom. The molecule has 1 aromatic rings. The molecule has 1 fully saturated rings. The third-order valence-electron chi connectivity index (χ3n) is 3.07. The van der Waals surface area contributed by atoms with Crippen LogP contribution in [0.2, 0.25) is 0 Å². The van der Waals surface area contributed by atoms with Gasteiger partial charge in [0.15, 0.2) is 11.6 Å². The summed E-state index contributed by atoms with van der Waals surface area (Å²) in [6, 6.07) is 3.56. The Kier molecular flexibility index (Phi) is 3.11. The van der Waals surface area contributed by atoms with Gasteiger partial charge in [0.1, 0.15) is 0 Å². The van der Waals surface area contributed by atoms with E-state index in [1.807, 2.05) is 0 Å². The van der Waals surface area contributed by atoms with Crippen LogP contribution < -0.4 is 0 Å². The molecule has 0 radical (unpaired) electrons. The van der Waals surface area contributed by atoms with Crippen molar-refractivity contribution >= 4 is 5.97 Å². The molecule has 1 atom stereocenters. The Labute approximate surface area is 97.0 Å². The first-order valence-corrected chi connectivity index (χ1v) is 5.35. The van der Waals surface area contributed by atoms with Crippen LogP contribution in [0, 0.1) is 11.6 Å². The Morgan fingerprint density at radius 1 is 1.41 bits per heavy atom. The fourth-order valence-corrected chi connectivity index (χ4v) is 2.01. The standard InChI is InChI=1S/C12H12F2O3/c13-9-2-1-8(7-10(9)14)12(5-6-17-12)4-3-11(15)16/h1-2,7H,3-6H2,(H,15,16). The normalized spacial score (nSPS) is 23.2. The van der Waals surface area contributed by atoms with Gasteiger partial charge in [-0.05, 0) is 24.1 Å². The second-order valence-electron chi connectivity index (χ2n) is 4.12. The Bertz CT molecular complexity index is 441. The fraction of sp³-hybridized carbons (Fsp3) is 0.417. The van der Waals surface area contributed by atoms with E-state index >= 15 is 0 Å². The van der Waals surface area contributed by atoms with Gasteiger partial charge in [0.05, 0.1) is 12.2 Å². The number of ether oxygens (including phenoxy) is 1. The summed E-state index contributed by atoms with van der Waals surface area (Å²) >= 11 is 0. The predicted molar refractivity (Wildman–Crippen MR) is 55.5 cm³/mol. The van der Waals surface area contributed by atoms with Gasteiger partial charge in [-0.1, -0.05) is 6.07 Å². The van der Waals surface area contributed by atoms with E-state index in [1.54, 1.807) is 0 Å². The molecule has 0 saturated carbocycles. The van der Waals surface area contributed by atoms with Crippen LogP contribution in [-0.2, 0) is 15.1 Å². The number of aliphatic carboxylic acids is 1. The van der Waals surface area contributed by atoms with Crippen LogP contribution >= 0.6 is 0 Å². The van der Waals surface area contributed by atoms with Gasteiger partial charge in [-0.15, -0.1) is 0 Å². The van der Waals surface area contributed by atoms with Crippen LogP contribution in [0.5, 0.6) is 0 Å². The maximum absolute atomic E-state index is 13.1. The molecule has 1 heterocycles. The lowest BCUT2D eigenvalue weighted by atomic mass is 9.82. The number of carbonyl (C=O) groups is 1. The molecule has 92 valence electrons. The lowest BCUT2D eigenvalue weighted by Crippen LogP contribution is -2.41. The van der Waals surface area contributed by atoms with Crippen LogP contribution in [0.15, 0.2) is 18.2 Å². The van der Waals surface area contributed by atoms with Gasteiger partial charge < -0.3 is 9.84 Å². The summed E-state index contributed by atoms with van der Waals surface area (Å²) in [4.78, 5) is 10.5. The molecule has 5 heteroatoms. The third kappa shape index (κ3) is 2.29. The first-order valence-electron chi connectivity index (χ1n) is 5.35. The number of rotatable bonds is 4. The molecule has 1 aliphatic rings. The smallest absolute Gasteiger partial charge is 0.303 e. The number of hydrogen-bond donors (Lipinski definition) is 1. The molecule has 0 spiro atoms. The quantitative estimate of drug-likeness (QED) is 0.882. The van der Waals surface area contributed by atoms with Gasteiger partial charge in [0.25, 0.3) is 0 Å². The number of carboxylic acid groups (broad SMARTS) is 1. The van der Waals surface area contributed by atoms with E-state index in [0.29, 0.717) is 18.6 Å². The van der Waals surface area contributed by atoms with Crippen molar-refractivity contribution in [2.24, 2.45) is 0 Å². The summed E-state index contributed by atoms with van der Waals surface area (Å²) in [7, 11) is 0. The van der Waals surface area contributed by atoms with E-state index in [4.69, 9.17) is 9.84 Å². The third-order valence-corrected chi connectivity index (χ3v) is 3.07. The highest BCUT2D eigenvalue weighted by atomic mass is 19.2. The van der Waals surface area contributed by atoms with Crippen molar-refractivity contribution in [1.29, 1.82) is 0 Å². The molecule has 1 aromatic carbocycles. The van der Waals surface area contributed by atoms with Gasteiger partial charge in [0.2, 0.25) is 0 Å². The maximum Gasteiger partial charge on any atom is 0.303 e. The van der Waals surface area contributed by atoms with E-state index in [0.717, 1.165) is 12.1 Å². The molecule has 1 saturated heterocycles. The minimum atomic E-state index is -0.937. The zero-order valence-electron chi connectivity index (χ0n) is 9.08. The van der Waals surface area contributed by atoms with E-state index in [-0.39, 0.29) is 12.8 Å². The number of carboxylic acids is 1. The van der Waals surface area contributed by atoms with Crippen molar-refractivity contribution < 1.29 is 23.4 Å². The number of halogens is 2. The highest BCUT2D eigenvalue weighted by Gasteiger charge is 2.40. The molecule has 0 amide bonds. The summed E-state index contributed by atoms with van der Waals surface area (Å²) in [5, 5.41) is 8.65. The van der Waals surface area contributed by atoms with Gasteiger partial charge in [0, 0.05) is 12.8 Å². The molecule has 1 aliphatic heterocycles. The molecule has 2 rings (SSSR count). The zero-order chi connectivity index (χ0) is 12.5. The molecule has 0 aliphatic carbocycles. The minimum absolute atomic E-state index is 0.0566. The summed E-state index contributed by atoms with van der Waals surface area (Å²) in [5.74, 6) is -2.78. The summed E-state index contributed by atoms with van der Waals surface area (Å²) in [6.07, 6.45) is 0.845. The molecular weight excluding hydrogens is 230 g/mol. The summed E-state index contributed by atoms with van der Waals surface area (Å²) in [6.45, 7) is 0.513. The minimum Gasteiger partial charge on any atom is -0.481 e. The molecule has 0 aromatic heterocycles. The van der Waals surface area contributed by atoms with E-state index in [2.05, 4.69) is 0 Å². The first-order chi connectivity index (χ1) is 8.03. The van der Waals surface area contributed by atoms with E-state index < -0.39 is 23.2 Å². The Hall–Kier alpha value is -1.49. The van der Waals surface area contributed by atoms with Crippen LogP contribution in [0.1, 0.15) is 24.8 Å². The SMILES string of the molecule is O=C(O)CCC1(c2ccc(F)c(F)c2)CCO1. The lowest BCUT2D eigenvalue weighted by molar-refractivity contribution is -0.165. The lowest BCUT2D eigenvalue weighted by Gasteiger charge is -2.42. The van der Waals surface area contributed by atoms with Gasteiger partial charge in [-0.2, -0.15) is 0 Å². The van der Waals surface area contributed by atoms with E-state index in [1.165, 1.54) is 6.07 Å². The summed E-state index contributed by atoms with van der Waals surface area (Å²) in [5.41, 5.74) is -0.253. The largest absolute Gasteiger partial charge is 0.481 e. The second kappa shape index (κ2) is 4.41. The average Bonchev–Trinajstić information content (AvgIpc) is 2.21. The van der Waals surface area contributed by atoms with Gasteiger partial charge in [-0.3, -0.25) is 4.79 Å². The predicted octanol–water partition coefficient (Wildman–Crippen LogP) is 2.45. The van der Waals surface area contributed by atoms with Gasteiger partial charge >= 0.3 is 5.97 Å². The molecular formula is C12H12F2O3. The Balaban J connectivity index is 2.22. The molecule has 0 bridgehead atoms. The zero-order valence-corrected chi connectivity index (χ0v) is 9.08. The van der Waals surface area contributed by atoms with Crippen molar-refractivity contribution in [2.45, 2.75) is 24.9 Å². The fourth-order valence-electron chi connectivity index (χ4n) is 2.01. The highest BCUT2D eigenvalue weighted by molar-refractivity contribution is 5.66. The Morgan fingerprint density at radius 3 is 2.59 bits per heavy atom. The van der Waals surface area contributed by atoms with E-state index in [9.17, 15) is 13.6 Å². The number of benzene rings is 1. The maximum atomic E-state index is 13.1. The van der Waals surface area contributed by atoms with Crippen LogP contribution in [0.4, 0.5) is 8.78 Å². The van der Waals surface area contributed by atoms with Crippen molar-refractivity contribution in [1.82, 2.24) is 0 Å². The molecule has 17 heavy (non-hydrogen) atoms. The van der Waals surface area contributed by atoms with Crippen molar-refractivity contribution in [3.05, 3.63) is 35.4 Å². The number of hydrogen-bond acceptors (Lipinski definition) is 2. The van der Waals surface area contributed by atoms with Crippen molar-refractivity contribution in [3.63, 3.8) is 0 Å². The van der Waals surface area contributed by atoms with Crippen LogP contribution in [0.25, 0.3) is 0 Å². The van der Waals surface area contributed by atoms with Gasteiger partial charge in [-0.25, -0.2) is 8.78 Å². The molecule has 1 unspecified atom stereocenters. The van der Waals surface area contributed by atoms with Crippen LogP contribution in [0.3, 0.4) is 0 Å². The van der Waals surface area contributed by atoms with Crippen molar-refractivity contribution in [3.8, 4) is 0 Å². The van der Waals surface area contributed by atoms with Crippen LogP contribution in [-0.4, -0.2) is 17.7 Å². The molecule has 3 nitrogen and oxygen atoms in total. The second-order valence-corrected chi connectivity index (χ2v) is 4.12. The summed E-state index contributed by atoms with van der Waals surface area (Å²) < 4.78 is 31.3.